The van der Waals surface area contributed by atoms with Crippen LogP contribution in [0.5, 0.6) is 0 Å². The van der Waals surface area contributed by atoms with Crippen LogP contribution in [0.15, 0.2) is 24.3 Å². The van der Waals surface area contributed by atoms with E-state index in [4.69, 9.17) is 4.74 Å². The summed E-state index contributed by atoms with van der Waals surface area (Å²) in [6.07, 6.45) is 2.16. The Bertz CT molecular complexity index is 354. The van der Waals surface area contributed by atoms with Crippen LogP contribution in [0.25, 0.3) is 0 Å². The van der Waals surface area contributed by atoms with Gasteiger partial charge in [-0.25, -0.2) is 4.39 Å². The lowest BCUT2D eigenvalue weighted by atomic mass is 9.95. The minimum Gasteiger partial charge on any atom is -0.379 e. The zero-order chi connectivity index (χ0) is 14.1. The number of nitrogens with one attached hydrogen (secondary N) is 1. The maximum atomic E-state index is 13.9. The van der Waals surface area contributed by atoms with Gasteiger partial charge in [-0.2, -0.15) is 0 Å². The van der Waals surface area contributed by atoms with Gasteiger partial charge in [0.2, 0.25) is 0 Å². The molecule has 0 aromatic heterocycles. The molecule has 0 saturated heterocycles. The fourth-order valence-corrected chi connectivity index (χ4v) is 2.07. The molecule has 0 aliphatic heterocycles. The molecule has 1 rings (SSSR count). The summed E-state index contributed by atoms with van der Waals surface area (Å²) >= 11 is 0. The highest BCUT2D eigenvalue weighted by atomic mass is 19.1. The van der Waals surface area contributed by atoms with Gasteiger partial charge < -0.3 is 10.1 Å². The molecule has 108 valence electrons. The van der Waals surface area contributed by atoms with Crippen molar-refractivity contribution in [3.8, 4) is 0 Å². The summed E-state index contributed by atoms with van der Waals surface area (Å²) in [5.41, 5.74) is 0.790. The maximum absolute atomic E-state index is 13.9. The maximum Gasteiger partial charge on any atom is 0.126 e. The van der Waals surface area contributed by atoms with Crippen LogP contribution in [0.1, 0.15) is 45.1 Å². The van der Waals surface area contributed by atoms with Crippen LogP contribution < -0.4 is 5.32 Å². The van der Waals surface area contributed by atoms with Crippen molar-refractivity contribution >= 4 is 0 Å². The Kier molecular flexibility index (Phi) is 7.68. The lowest BCUT2D eigenvalue weighted by molar-refractivity contribution is 0.0731. The van der Waals surface area contributed by atoms with Gasteiger partial charge in [0.15, 0.2) is 0 Å². The quantitative estimate of drug-likeness (QED) is 0.688. The van der Waals surface area contributed by atoms with E-state index in [-0.39, 0.29) is 17.8 Å². The summed E-state index contributed by atoms with van der Waals surface area (Å²) < 4.78 is 19.5. The Morgan fingerprint density at radius 1 is 1.26 bits per heavy atom. The molecule has 0 spiro atoms. The smallest absolute Gasteiger partial charge is 0.126 e. The van der Waals surface area contributed by atoms with Crippen molar-refractivity contribution < 1.29 is 9.13 Å². The Balaban J connectivity index is 2.60. The van der Waals surface area contributed by atoms with Crippen LogP contribution in [0.3, 0.4) is 0 Å². The number of hydrogen-bond donors (Lipinski definition) is 1. The van der Waals surface area contributed by atoms with Crippen molar-refractivity contribution in [3.63, 3.8) is 0 Å². The Morgan fingerprint density at radius 2 is 2.00 bits per heavy atom. The standard InChI is InChI=1S/C16H26FNO/c1-4-10-18-12-14(9-11-19-13(2)3)15-7-5-6-8-16(15)17/h5-8,13-14,18H,4,9-12H2,1-3H3. The summed E-state index contributed by atoms with van der Waals surface area (Å²) in [7, 11) is 0. The van der Waals surface area contributed by atoms with E-state index in [1.54, 1.807) is 6.07 Å². The van der Waals surface area contributed by atoms with E-state index in [9.17, 15) is 4.39 Å². The molecule has 19 heavy (non-hydrogen) atoms. The van der Waals surface area contributed by atoms with Crippen LogP contribution in [0.4, 0.5) is 4.39 Å². The minimum absolute atomic E-state index is 0.115. The average Bonchev–Trinajstić information content (AvgIpc) is 2.37. The SMILES string of the molecule is CCCNCC(CCOC(C)C)c1ccccc1F. The lowest BCUT2D eigenvalue weighted by Gasteiger charge is -2.19. The third-order valence-corrected chi connectivity index (χ3v) is 3.08. The zero-order valence-electron chi connectivity index (χ0n) is 12.3. The van der Waals surface area contributed by atoms with E-state index in [0.29, 0.717) is 6.61 Å². The van der Waals surface area contributed by atoms with Crippen LogP contribution in [0, 0.1) is 5.82 Å². The van der Waals surface area contributed by atoms with Crippen LogP contribution in [0.2, 0.25) is 0 Å². The van der Waals surface area contributed by atoms with Crippen molar-refractivity contribution in [2.75, 3.05) is 19.7 Å². The summed E-state index contributed by atoms with van der Waals surface area (Å²) in [5.74, 6) is 0.0573. The molecule has 1 unspecified atom stereocenters. The van der Waals surface area contributed by atoms with E-state index < -0.39 is 0 Å². The third-order valence-electron chi connectivity index (χ3n) is 3.08. The Morgan fingerprint density at radius 3 is 2.63 bits per heavy atom. The summed E-state index contributed by atoms with van der Waals surface area (Å²) in [6, 6.07) is 7.04. The first kappa shape index (κ1) is 16.1. The molecule has 0 heterocycles. The van der Waals surface area contributed by atoms with Crippen molar-refractivity contribution in [2.24, 2.45) is 0 Å². The number of hydrogen-bond acceptors (Lipinski definition) is 2. The van der Waals surface area contributed by atoms with Gasteiger partial charge in [-0.05, 0) is 44.9 Å². The molecule has 0 bridgehead atoms. The van der Waals surface area contributed by atoms with Gasteiger partial charge in [0.05, 0.1) is 6.10 Å². The first-order chi connectivity index (χ1) is 9.15. The van der Waals surface area contributed by atoms with E-state index in [2.05, 4.69) is 12.2 Å². The second-order valence-corrected chi connectivity index (χ2v) is 5.13. The highest BCUT2D eigenvalue weighted by molar-refractivity contribution is 5.22. The second-order valence-electron chi connectivity index (χ2n) is 5.13. The van der Waals surface area contributed by atoms with Crippen molar-refractivity contribution in [2.45, 2.75) is 45.6 Å². The highest BCUT2D eigenvalue weighted by Crippen LogP contribution is 2.22. The summed E-state index contributed by atoms with van der Waals surface area (Å²) in [5, 5.41) is 3.38. The van der Waals surface area contributed by atoms with Crippen molar-refractivity contribution in [1.82, 2.24) is 5.32 Å². The molecular formula is C16H26FNO. The molecule has 3 heteroatoms. The Hall–Kier alpha value is -0.930. The molecule has 0 fully saturated rings. The predicted octanol–water partition coefficient (Wildman–Crippen LogP) is 3.72. The highest BCUT2D eigenvalue weighted by Gasteiger charge is 2.15. The molecule has 0 amide bonds. The summed E-state index contributed by atoms with van der Waals surface area (Å²) in [6.45, 7) is 8.62. The van der Waals surface area contributed by atoms with E-state index in [1.165, 1.54) is 6.07 Å². The largest absolute Gasteiger partial charge is 0.379 e. The van der Waals surface area contributed by atoms with Gasteiger partial charge in [0.1, 0.15) is 5.82 Å². The van der Waals surface area contributed by atoms with Crippen LogP contribution in [-0.2, 0) is 4.74 Å². The molecular weight excluding hydrogens is 241 g/mol. The molecule has 1 aromatic carbocycles. The fraction of sp³-hybridized carbons (Fsp3) is 0.625. The van der Waals surface area contributed by atoms with Gasteiger partial charge in [-0.15, -0.1) is 0 Å². The van der Waals surface area contributed by atoms with Gasteiger partial charge >= 0.3 is 0 Å². The molecule has 0 saturated carbocycles. The van der Waals surface area contributed by atoms with Gasteiger partial charge in [0, 0.05) is 19.1 Å². The monoisotopic (exact) mass is 267 g/mol. The topological polar surface area (TPSA) is 21.3 Å². The Labute approximate surface area is 116 Å². The lowest BCUT2D eigenvalue weighted by Crippen LogP contribution is -2.24. The molecule has 1 atom stereocenters. The van der Waals surface area contributed by atoms with E-state index >= 15 is 0 Å². The first-order valence-corrected chi connectivity index (χ1v) is 7.21. The van der Waals surface area contributed by atoms with Gasteiger partial charge in [0.25, 0.3) is 0 Å². The zero-order valence-corrected chi connectivity index (χ0v) is 12.3. The normalized spacial score (nSPS) is 12.9. The minimum atomic E-state index is -0.115. The molecule has 2 nitrogen and oxygen atoms in total. The fourth-order valence-electron chi connectivity index (χ4n) is 2.07. The number of rotatable bonds is 9. The molecule has 0 aliphatic rings. The van der Waals surface area contributed by atoms with Gasteiger partial charge in [-0.3, -0.25) is 0 Å². The van der Waals surface area contributed by atoms with E-state index in [0.717, 1.165) is 31.5 Å². The first-order valence-electron chi connectivity index (χ1n) is 7.21. The van der Waals surface area contributed by atoms with Crippen molar-refractivity contribution in [1.29, 1.82) is 0 Å². The molecule has 1 N–H and O–H groups in total. The second kappa shape index (κ2) is 9.05. The van der Waals surface area contributed by atoms with Crippen LogP contribution >= 0.6 is 0 Å². The number of ether oxygens (including phenoxy) is 1. The molecule has 0 aliphatic carbocycles. The average molecular weight is 267 g/mol. The molecule has 1 aromatic rings. The van der Waals surface area contributed by atoms with Crippen LogP contribution in [-0.4, -0.2) is 25.8 Å². The molecule has 0 radical (unpaired) electrons. The summed E-state index contributed by atoms with van der Waals surface area (Å²) in [4.78, 5) is 0. The number of halogens is 1. The van der Waals surface area contributed by atoms with Gasteiger partial charge in [-0.1, -0.05) is 25.1 Å². The predicted molar refractivity (Wildman–Crippen MR) is 78.0 cm³/mol. The number of benzene rings is 1. The van der Waals surface area contributed by atoms with E-state index in [1.807, 2.05) is 26.0 Å². The third kappa shape index (κ3) is 6.17. The van der Waals surface area contributed by atoms with Crippen molar-refractivity contribution in [3.05, 3.63) is 35.6 Å².